The second kappa shape index (κ2) is 34.2. The molecule has 1 nitrogen and oxygen atoms in total. The monoisotopic (exact) mass is 358 g/mol. The van der Waals surface area contributed by atoms with Crippen LogP contribution in [0.4, 0.5) is 0 Å². The Morgan fingerprint density at radius 2 is 0.889 bits per heavy atom. The molecule has 1 N–H and O–H groups in total. The standard InChI is InChI=1S/C4H9.3ClH.HN.Ta/c1-4(2)3;;;;;/h1-3H3;4*1H;/q-1;;;;;/p-3. The minimum atomic E-state index is 0. The van der Waals surface area contributed by atoms with Gasteiger partial charge in [-0.2, -0.15) is 20.8 Å². The fraction of sp³-hybridized carbons (Fsp3) is 0.750. The van der Waals surface area contributed by atoms with Crippen LogP contribution in [0, 0.1) is 9.67 Å². The summed E-state index contributed by atoms with van der Waals surface area (Å²) in [5.41, 5.74) is 0. The van der Waals surface area contributed by atoms with Crippen LogP contribution in [-0.4, -0.2) is 0 Å². The van der Waals surface area contributed by atoms with E-state index in [9.17, 15) is 0 Å². The van der Waals surface area contributed by atoms with Crippen molar-refractivity contribution in [2.45, 2.75) is 20.8 Å². The summed E-state index contributed by atoms with van der Waals surface area (Å²) in [6.45, 7) is 6.25. The minimum absolute atomic E-state index is 0. The summed E-state index contributed by atoms with van der Waals surface area (Å²) in [4.78, 5) is 0. The first-order valence-corrected chi connectivity index (χ1v) is 3.33. The molecule has 0 rings (SSSR count). The van der Waals surface area contributed by atoms with Crippen molar-refractivity contribution in [2.24, 2.45) is 0 Å². The van der Waals surface area contributed by atoms with Crippen molar-refractivity contribution >= 4 is 0 Å². The van der Waals surface area contributed by atoms with Gasteiger partial charge in [-0.25, -0.2) is 0 Å². The molecule has 0 unspecified atom stereocenters. The molecule has 0 bridgehead atoms. The maximum atomic E-state index is 5.86. The Hall–Kier alpha value is 1.41. The summed E-state index contributed by atoms with van der Waals surface area (Å²) in [7, 11) is 0. The van der Waals surface area contributed by atoms with E-state index in [4.69, 9.17) is 3.76 Å². The average Bonchev–Trinajstić information content (AvgIpc) is 1.41. The molecule has 0 aliphatic rings. The zero-order valence-electron chi connectivity index (χ0n) is 5.58. The van der Waals surface area contributed by atoms with Crippen molar-refractivity contribution in [3.8, 4) is 0 Å². The van der Waals surface area contributed by atoms with Crippen LogP contribution >= 0.6 is 0 Å². The quantitative estimate of drug-likeness (QED) is 0.416. The zero-order chi connectivity index (χ0) is 5.58. The molecule has 0 aliphatic heterocycles. The van der Waals surface area contributed by atoms with Gasteiger partial charge in [0.25, 0.3) is 0 Å². The van der Waals surface area contributed by atoms with Crippen molar-refractivity contribution in [1.82, 2.24) is 0 Å². The topological polar surface area (TPSA) is 23.9 Å². The van der Waals surface area contributed by atoms with E-state index in [1.807, 2.05) is 0 Å². The summed E-state index contributed by atoms with van der Waals surface area (Å²) in [5.74, 6) is 1.42. The molecular weight excluding hydrogens is 349 g/mol. The van der Waals surface area contributed by atoms with Gasteiger partial charge in [-0.3, -0.25) is 0 Å². The molecular formula is C4H10Cl3NTa-4. The molecule has 0 atom stereocenters. The number of hydrogen-bond acceptors (Lipinski definition) is 1. The predicted molar refractivity (Wildman–Crippen MR) is 23.0 cm³/mol. The first-order chi connectivity index (χ1) is 2.73. The van der Waals surface area contributed by atoms with Gasteiger partial charge in [0.05, 0.1) is 0 Å². The molecule has 0 aromatic heterocycles. The molecule has 0 amide bonds. The Morgan fingerprint density at radius 1 is 0.889 bits per heavy atom. The average molecular weight is 359 g/mol. The van der Waals surface area contributed by atoms with E-state index < -0.39 is 0 Å². The van der Waals surface area contributed by atoms with Crippen molar-refractivity contribution in [2.75, 3.05) is 0 Å². The summed E-state index contributed by atoms with van der Waals surface area (Å²) in [6.07, 6.45) is 0. The molecule has 0 saturated carbocycles. The van der Waals surface area contributed by atoms with Crippen LogP contribution in [0.2, 0.25) is 0 Å². The van der Waals surface area contributed by atoms with E-state index in [1.54, 1.807) is 0 Å². The predicted octanol–water partition coefficient (Wildman–Crippen LogP) is -7.07. The molecule has 0 aliphatic carbocycles. The van der Waals surface area contributed by atoms with Gasteiger partial charge in [-0.15, -0.1) is 0 Å². The molecule has 0 radical (unpaired) electrons. The van der Waals surface area contributed by atoms with Gasteiger partial charge >= 0.3 is 24.6 Å². The maximum absolute atomic E-state index is 5.86. The Morgan fingerprint density at radius 3 is 0.889 bits per heavy atom. The van der Waals surface area contributed by atoms with Gasteiger partial charge in [-0.1, -0.05) is 0 Å². The molecule has 9 heavy (non-hydrogen) atoms. The zero-order valence-corrected chi connectivity index (χ0v) is 11.1. The fourth-order valence-corrected chi connectivity index (χ4v) is 0. The van der Waals surface area contributed by atoms with Crippen LogP contribution in [0.1, 0.15) is 20.8 Å². The number of hydrogen-bond donors (Lipinski definition) is 1. The molecule has 0 aromatic carbocycles. The third-order valence-corrected chi connectivity index (χ3v) is 0. The second-order valence-electron chi connectivity index (χ2n) is 1.50. The van der Waals surface area contributed by atoms with E-state index in [1.165, 1.54) is 5.92 Å². The normalized spacial score (nSPS) is 4.33. The van der Waals surface area contributed by atoms with Crippen LogP contribution in [0.25, 0.3) is 0 Å². The van der Waals surface area contributed by atoms with Gasteiger partial charge in [0, 0.05) is 0 Å². The van der Waals surface area contributed by atoms with Gasteiger partial charge in [-0.05, 0) is 0 Å². The SMILES string of the molecule is C[C-](C)C.[Cl-].[Cl-].[Cl-].[NH]=[Ta]. The van der Waals surface area contributed by atoms with Crippen LogP contribution in [0.3, 0.4) is 0 Å². The van der Waals surface area contributed by atoms with Crippen molar-refractivity contribution < 1.29 is 58.1 Å². The van der Waals surface area contributed by atoms with E-state index in [-0.39, 0.29) is 37.2 Å². The first kappa shape index (κ1) is 31.5. The molecule has 0 spiro atoms. The van der Waals surface area contributed by atoms with E-state index in [0.717, 1.165) is 0 Å². The van der Waals surface area contributed by atoms with Crippen LogP contribution in [-0.2, 0) is 20.9 Å². The third-order valence-electron chi connectivity index (χ3n) is 0. The van der Waals surface area contributed by atoms with Crippen LogP contribution in [0.15, 0.2) is 0 Å². The summed E-state index contributed by atoms with van der Waals surface area (Å²) in [5, 5.41) is 0. The van der Waals surface area contributed by atoms with Crippen molar-refractivity contribution in [3.63, 3.8) is 0 Å². The number of nitrogens with one attached hydrogen (secondary N) is 1. The summed E-state index contributed by atoms with van der Waals surface area (Å²) < 4.78 is 5.86. The van der Waals surface area contributed by atoms with Gasteiger partial charge in [0.2, 0.25) is 0 Å². The summed E-state index contributed by atoms with van der Waals surface area (Å²) >= 11 is 0.694. The van der Waals surface area contributed by atoms with Gasteiger partial charge in [0.15, 0.2) is 0 Å². The van der Waals surface area contributed by atoms with E-state index in [2.05, 4.69) is 20.8 Å². The first-order valence-electron chi connectivity index (χ1n) is 1.72. The van der Waals surface area contributed by atoms with Crippen molar-refractivity contribution in [3.05, 3.63) is 5.92 Å². The Labute approximate surface area is 88.2 Å². The Bertz CT molecular complexity index is 27.0. The molecule has 5 heteroatoms. The molecule has 0 heterocycles. The van der Waals surface area contributed by atoms with E-state index >= 15 is 0 Å². The number of rotatable bonds is 0. The van der Waals surface area contributed by atoms with Crippen molar-refractivity contribution in [1.29, 1.82) is 3.76 Å². The third kappa shape index (κ3) is 260. The Kier molecular flexibility index (Phi) is 120. The molecule has 61 valence electrons. The molecule has 0 aromatic rings. The van der Waals surface area contributed by atoms with E-state index in [0.29, 0.717) is 20.9 Å². The van der Waals surface area contributed by atoms with Crippen LogP contribution < -0.4 is 37.2 Å². The molecule has 0 saturated heterocycles. The van der Waals surface area contributed by atoms with Gasteiger partial charge < -0.3 is 43.1 Å². The second-order valence-corrected chi connectivity index (χ2v) is 1.50. The Balaban J connectivity index is -0.00000000990. The van der Waals surface area contributed by atoms with Crippen LogP contribution in [0.5, 0.6) is 0 Å². The fourth-order valence-electron chi connectivity index (χ4n) is 0. The molecule has 0 fully saturated rings. The number of halogens is 3. The summed E-state index contributed by atoms with van der Waals surface area (Å²) in [6, 6.07) is 0. The van der Waals surface area contributed by atoms with Gasteiger partial charge in [0.1, 0.15) is 0 Å².